The first-order valence-corrected chi connectivity index (χ1v) is 12.1. The van der Waals surface area contributed by atoms with Crippen LogP contribution < -0.4 is 10.6 Å². The molecule has 9 heteroatoms. The van der Waals surface area contributed by atoms with E-state index in [1.807, 2.05) is 16.8 Å². The van der Waals surface area contributed by atoms with Gasteiger partial charge in [-0.3, -0.25) is 4.90 Å². The molecule has 2 aromatic heterocycles. The van der Waals surface area contributed by atoms with Crippen LogP contribution in [0.25, 0.3) is 5.65 Å². The molecule has 1 aliphatic heterocycles. The van der Waals surface area contributed by atoms with Crippen molar-refractivity contribution in [2.24, 2.45) is 0 Å². The van der Waals surface area contributed by atoms with Gasteiger partial charge in [0.05, 0.1) is 6.20 Å². The van der Waals surface area contributed by atoms with E-state index in [0.29, 0.717) is 31.1 Å². The second-order valence-electron chi connectivity index (χ2n) is 9.10. The molecule has 0 bridgehead atoms. The fraction of sp³-hybridized carbons (Fsp3) is 0.696. The molecular weight excluding hydrogens is 406 g/mol. The van der Waals surface area contributed by atoms with Gasteiger partial charge in [0.15, 0.2) is 5.65 Å². The number of nitrogens with one attached hydrogen (secondary N) is 2. The summed E-state index contributed by atoms with van der Waals surface area (Å²) >= 11 is 0. The zero-order chi connectivity index (χ0) is 22.5. The second kappa shape index (κ2) is 10.5. The molecule has 176 valence electrons. The summed E-state index contributed by atoms with van der Waals surface area (Å²) in [6.45, 7) is 9.23. The lowest BCUT2D eigenvalue weighted by Crippen LogP contribution is -2.50. The molecule has 4 rings (SSSR count). The zero-order valence-electron chi connectivity index (χ0n) is 19.3. The quantitative estimate of drug-likeness (QED) is 0.548. The van der Waals surface area contributed by atoms with Crippen molar-refractivity contribution in [2.45, 2.75) is 64.0 Å². The molecule has 1 saturated heterocycles. The van der Waals surface area contributed by atoms with Crippen molar-refractivity contribution in [2.75, 3.05) is 44.6 Å². The summed E-state index contributed by atoms with van der Waals surface area (Å²) in [6.07, 6.45) is 6.60. The molecular formula is C23H37N7O2. The molecule has 2 aliphatic rings. The average molecular weight is 444 g/mol. The SMILES string of the molecule is CCC(CC)c1cc(N[C@H]2CC[C@H](NCCN3CCN(C(=O)O)CC3)C2)n2nccc2n1. The van der Waals surface area contributed by atoms with Crippen molar-refractivity contribution in [1.82, 2.24) is 29.7 Å². The Morgan fingerprint density at radius 1 is 1.19 bits per heavy atom. The third-order valence-electron chi connectivity index (χ3n) is 7.07. The smallest absolute Gasteiger partial charge is 0.407 e. The fourth-order valence-corrected chi connectivity index (χ4v) is 5.05. The van der Waals surface area contributed by atoms with Crippen LogP contribution >= 0.6 is 0 Å². The lowest BCUT2D eigenvalue weighted by molar-refractivity contribution is 0.105. The van der Waals surface area contributed by atoms with Crippen LogP contribution in [0.3, 0.4) is 0 Å². The van der Waals surface area contributed by atoms with Crippen LogP contribution in [0.2, 0.25) is 0 Å². The molecule has 3 N–H and O–H groups in total. The summed E-state index contributed by atoms with van der Waals surface area (Å²) in [5.41, 5.74) is 2.06. The number of amides is 1. The van der Waals surface area contributed by atoms with Crippen molar-refractivity contribution >= 4 is 17.6 Å². The van der Waals surface area contributed by atoms with E-state index in [0.717, 1.165) is 75.4 Å². The Hall–Kier alpha value is -2.39. The van der Waals surface area contributed by atoms with E-state index in [9.17, 15) is 4.79 Å². The average Bonchev–Trinajstić information content (AvgIpc) is 3.45. The van der Waals surface area contributed by atoms with E-state index in [1.165, 1.54) is 4.90 Å². The van der Waals surface area contributed by atoms with Gasteiger partial charge in [-0.15, -0.1) is 0 Å². The summed E-state index contributed by atoms with van der Waals surface area (Å²) < 4.78 is 1.92. The summed E-state index contributed by atoms with van der Waals surface area (Å²) in [4.78, 5) is 19.7. The molecule has 9 nitrogen and oxygen atoms in total. The van der Waals surface area contributed by atoms with Crippen LogP contribution in [0, 0.1) is 0 Å². The number of aromatic nitrogens is 3. The van der Waals surface area contributed by atoms with Crippen LogP contribution in [0.4, 0.5) is 10.6 Å². The van der Waals surface area contributed by atoms with Gasteiger partial charge in [0.25, 0.3) is 0 Å². The highest BCUT2D eigenvalue weighted by Gasteiger charge is 2.26. The number of piperazine rings is 1. The summed E-state index contributed by atoms with van der Waals surface area (Å²) in [5.74, 6) is 1.52. The summed E-state index contributed by atoms with van der Waals surface area (Å²) in [7, 11) is 0. The van der Waals surface area contributed by atoms with Gasteiger partial charge in [-0.2, -0.15) is 9.61 Å². The molecule has 2 aromatic rings. The summed E-state index contributed by atoms with van der Waals surface area (Å²) in [6, 6.07) is 5.11. The molecule has 1 amide bonds. The van der Waals surface area contributed by atoms with Gasteiger partial charge in [-0.05, 0) is 32.1 Å². The van der Waals surface area contributed by atoms with E-state index in [-0.39, 0.29) is 0 Å². The van der Waals surface area contributed by atoms with Gasteiger partial charge in [-0.25, -0.2) is 9.78 Å². The topological polar surface area (TPSA) is 98.0 Å². The number of nitrogens with zero attached hydrogens (tertiary/aromatic N) is 5. The molecule has 0 spiro atoms. The molecule has 0 unspecified atom stereocenters. The minimum absolute atomic E-state index is 0.427. The van der Waals surface area contributed by atoms with Crippen LogP contribution in [-0.2, 0) is 0 Å². The maximum absolute atomic E-state index is 11.0. The van der Waals surface area contributed by atoms with Crippen LogP contribution in [-0.4, -0.2) is 86.9 Å². The molecule has 0 aromatic carbocycles. The molecule has 0 radical (unpaired) electrons. The number of fused-ring (bicyclic) bond motifs is 1. The predicted molar refractivity (Wildman–Crippen MR) is 125 cm³/mol. The first-order chi connectivity index (χ1) is 15.6. The van der Waals surface area contributed by atoms with Gasteiger partial charge >= 0.3 is 6.09 Å². The van der Waals surface area contributed by atoms with Crippen LogP contribution in [0.1, 0.15) is 57.6 Å². The van der Waals surface area contributed by atoms with E-state index in [1.54, 1.807) is 0 Å². The Morgan fingerprint density at radius 3 is 2.66 bits per heavy atom. The maximum atomic E-state index is 11.0. The Morgan fingerprint density at radius 2 is 1.94 bits per heavy atom. The number of hydrogen-bond acceptors (Lipinski definition) is 6. The number of hydrogen-bond donors (Lipinski definition) is 3. The third kappa shape index (κ3) is 5.32. The first-order valence-electron chi connectivity index (χ1n) is 12.1. The van der Waals surface area contributed by atoms with Crippen molar-refractivity contribution in [3.8, 4) is 0 Å². The predicted octanol–water partition coefficient (Wildman–Crippen LogP) is 2.85. The van der Waals surface area contributed by atoms with E-state index in [4.69, 9.17) is 10.1 Å². The van der Waals surface area contributed by atoms with Crippen LogP contribution in [0.5, 0.6) is 0 Å². The first kappa shape index (κ1) is 22.8. The molecule has 1 saturated carbocycles. The highest BCUT2D eigenvalue weighted by molar-refractivity contribution is 5.65. The molecule has 3 heterocycles. The minimum Gasteiger partial charge on any atom is -0.465 e. The Kier molecular flexibility index (Phi) is 7.47. The number of carboxylic acid groups (broad SMARTS) is 1. The molecule has 2 atom stereocenters. The maximum Gasteiger partial charge on any atom is 0.407 e. The Bertz CT molecular complexity index is 890. The molecule has 2 fully saturated rings. The van der Waals surface area contributed by atoms with Crippen molar-refractivity contribution < 1.29 is 9.90 Å². The summed E-state index contributed by atoms with van der Waals surface area (Å²) in [5, 5.41) is 21.0. The number of anilines is 1. The van der Waals surface area contributed by atoms with Crippen molar-refractivity contribution in [3.63, 3.8) is 0 Å². The van der Waals surface area contributed by atoms with Gasteiger partial charge < -0.3 is 20.6 Å². The third-order valence-corrected chi connectivity index (χ3v) is 7.07. The lowest BCUT2D eigenvalue weighted by Gasteiger charge is -2.33. The Labute approximate surface area is 190 Å². The van der Waals surface area contributed by atoms with E-state index < -0.39 is 6.09 Å². The minimum atomic E-state index is -0.805. The zero-order valence-corrected chi connectivity index (χ0v) is 19.3. The normalized spacial score (nSPS) is 22.2. The second-order valence-corrected chi connectivity index (χ2v) is 9.10. The highest BCUT2D eigenvalue weighted by atomic mass is 16.4. The van der Waals surface area contributed by atoms with Crippen LogP contribution in [0.15, 0.2) is 18.3 Å². The van der Waals surface area contributed by atoms with Gasteiger partial charge in [-0.1, -0.05) is 13.8 Å². The molecule has 32 heavy (non-hydrogen) atoms. The van der Waals surface area contributed by atoms with Gasteiger partial charge in [0.2, 0.25) is 0 Å². The van der Waals surface area contributed by atoms with Gasteiger partial charge in [0.1, 0.15) is 5.82 Å². The van der Waals surface area contributed by atoms with Crippen molar-refractivity contribution in [1.29, 1.82) is 0 Å². The lowest BCUT2D eigenvalue weighted by atomic mass is 9.99. The van der Waals surface area contributed by atoms with E-state index in [2.05, 4.69) is 40.5 Å². The van der Waals surface area contributed by atoms with Gasteiger partial charge in [0, 0.05) is 75.1 Å². The number of carbonyl (C=O) groups is 1. The highest BCUT2D eigenvalue weighted by Crippen LogP contribution is 2.27. The Balaban J connectivity index is 1.27. The molecule has 1 aliphatic carbocycles. The largest absolute Gasteiger partial charge is 0.465 e. The fourth-order valence-electron chi connectivity index (χ4n) is 5.05. The monoisotopic (exact) mass is 443 g/mol. The van der Waals surface area contributed by atoms with Crippen molar-refractivity contribution in [3.05, 3.63) is 24.0 Å². The standard InChI is InChI=1S/C23H37N7O2/c1-3-17(4-2)20-16-22(30-21(27-20)7-8-25-30)26-19-6-5-18(15-19)24-9-10-28-11-13-29(14-12-28)23(31)32/h7-8,16-19,24,26H,3-6,9-15H2,1-2H3,(H,31,32)/t18-,19-/m0/s1. The van der Waals surface area contributed by atoms with E-state index >= 15 is 0 Å². The number of rotatable bonds is 9.